The Morgan fingerprint density at radius 2 is 2.38 bits per heavy atom. The molecule has 13 heavy (non-hydrogen) atoms. The molecular formula is C9H10ClN3. The smallest absolute Gasteiger partial charge is 0.141 e. The minimum atomic E-state index is 0.594. The first-order chi connectivity index (χ1) is 6.33. The maximum absolute atomic E-state index is 6.01. The fourth-order valence-electron chi connectivity index (χ4n) is 1.39. The van der Waals surface area contributed by atoms with Gasteiger partial charge in [0.2, 0.25) is 0 Å². The van der Waals surface area contributed by atoms with Gasteiger partial charge in [0, 0.05) is 30.9 Å². The second-order valence-corrected chi connectivity index (χ2v) is 3.24. The van der Waals surface area contributed by atoms with Crippen LogP contribution >= 0.6 is 11.6 Å². The van der Waals surface area contributed by atoms with Crippen LogP contribution in [0.1, 0.15) is 0 Å². The lowest BCUT2D eigenvalue weighted by molar-refractivity contribution is 0.728. The van der Waals surface area contributed by atoms with Crippen LogP contribution in [0.25, 0.3) is 11.0 Å². The Morgan fingerprint density at radius 3 is 3.15 bits per heavy atom. The number of hydrogen-bond donors (Lipinski definition) is 1. The lowest BCUT2D eigenvalue weighted by atomic mass is 10.3. The predicted octanol–water partition coefficient (Wildman–Crippen LogP) is 1.65. The minimum Gasteiger partial charge on any atom is -0.330 e. The van der Waals surface area contributed by atoms with Crippen molar-refractivity contribution in [1.29, 1.82) is 0 Å². The van der Waals surface area contributed by atoms with E-state index in [0.717, 1.165) is 22.6 Å². The van der Waals surface area contributed by atoms with E-state index < -0.39 is 0 Å². The molecule has 0 aliphatic rings. The summed E-state index contributed by atoms with van der Waals surface area (Å²) in [5.74, 6) is 0. The standard InChI is InChI=1S/C9H10ClN3/c10-8-6-13(5-3-11)9-7(8)2-1-4-12-9/h1-2,4,6H,3,5,11H2. The molecule has 2 aromatic heterocycles. The molecule has 3 nitrogen and oxygen atoms in total. The first-order valence-corrected chi connectivity index (χ1v) is 4.50. The number of rotatable bonds is 2. The third kappa shape index (κ3) is 1.41. The number of hydrogen-bond acceptors (Lipinski definition) is 2. The summed E-state index contributed by atoms with van der Waals surface area (Å²) in [4.78, 5) is 4.24. The molecule has 2 rings (SSSR count). The van der Waals surface area contributed by atoms with Gasteiger partial charge in [-0.25, -0.2) is 4.98 Å². The number of nitrogens with two attached hydrogens (primary N) is 1. The normalized spacial score (nSPS) is 10.9. The van der Waals surface area contributed by atoms with Gasteiger partial charge in [0.1, 0.15) is 5.65 Å². The van der Waals surface area contributed by atoms with Gasteiger partial charge in [-0.05, 0) is 12.1 Å². The molecule has 2 heterocycles. The predicted molar refractivity (Wildman–Crippen MR) is 53.8 cm³/mol. The molecule has 0 radical (unpaired) electrons. The van der Waals surface area contributed by atoms with Crippen LogP contribution in [0.4, 0.5) is 0 Å². The Balaban J connectivity index is 2.63. The fourth-order valence-corrected chi connectivity index (χ4v) is 1.65. The zero-order chi connectivity index (χ0) is 9.26. The summed E-state index contributed by atoms with van der Waals surface area (Å²) in [6.45, 7) is 1.34. The third-order valence-electron chi connectivity index (χ3n) is 1.96. The van der Waals surface area contributed by atoms with E-state index in [1.54, 1.807) is 6.20 Å². The Hall–Kier alpha value is -1.06. The summed E-state index contributed by atoms with van der Waals surface area (Å²) in [7, 11) is 0. The van der Waals surface area contributed by atoms with Crippen LogP contribution in [0.15, 0.2) is 24.5 Å². The SMILES string of the molecule is NCCn1cc(Cl)c2cccnc21. The van der Waals surface area contributed by atoms with E-state index >= 15 is 0 Å². The van der Waals surface area contributed by atoms with E-state index in [-0.39, 0.29) is 0 Å². The molecule has 68 valence electrons. The third-order valence-corrected chi connectivity index (χ3v) is 2.26. The molecular weight excluding hydrogens is 186 g/mol. The average molecular weight is 196 g/mol. The monoisotopic (exact) mass is 195 g/mol. The van der Waals surface area contributed by atoms with Crippen LogP contribution in [0, 0.1) is 0 Å². The van der Waals surface area contributed by atoms with Crippen molar-refractivity contribution in [3.05, 3.63) is 29.5 Å². The molecule has 0 saturated heterocycles. The van der Waals surface area contributed by atoms with Gasteiger partial charge >= 0.3 is 0 Å². The Morgan fingerprint density at radius 1 is 1.54 bits per heavy atom. The summed E-state index contributed by atoms with van der Waals surface area (Å²) in [5.41, 5.74) is 6.37. The van der Waals surface area contributed by atoms with E-state index in [2.05, 4.69) is 4.98 Å². The summed E-state index contributed by atoms with van der Waals surface area (Å²) in [6.07, 6.45) is 3.62. The first-order valence-electron chi connectivity index (χ1n) is 4.12. The van der Waals surface area contributed by atoms with Crippen molar-refractivity contribution >= 4 is 22.6 Å². The molecule has 2 N–H and O–H groups in total. The number of aromatic nitrogens is 2. The Labute approximate surface area is 81.1 Å². The summed E-state index contributed by atoms with van der Waals surface area (Å²) >= 11 is 6.01. The van der Waals surface area contributed by atoms with Crippen molar-refractivity contribution in [2.75, 3.05) is 6.54 Å². The highest BCUT2D eigenvalue weighted by Gasteiger charge is 2.05. The molecule has 2 aromatic rings. The highest BCUT2D eigenvalue weighted by atomic mass is 35.5. The van der Waals surface area contributed by atoms with Gasteiger partial charge < -0.3 is 10.3 Å². The first kappa shape index (κ1) is 8.53. The van der Waals surface area contributed by atoms with Crippen molar-refractivity contribution in [2.45, 2.75) is 6.54 Å². The summed E-state index contributed by atoms with van der Waals surface area (Å²) in [5, 5.41) is 1.72. The van der Waals surface area contributed by atoms with Crippen LogP contribution < -0.4 is 5.73 Å². The second-order valence-electron chi connectivity index (χ2n) is 2.83. The van der Waals surface area contributed by atoms with E-state index in [1.165, 1.54) is 0 Å². The van der Waals surface area contributed by atoms with Gasteiger partial charge in [-0.15, -0.1) is 0 Å². The van der Waals surface area contributed by atoms with Crippen molar-refractivity contribution in [1.82, 2.24) is 9.55 Å². The van der Waals surface area contributed by atoms with E-state index in [9.17, 15) is 0 Å². The molecule has 0 aromatic carbocycles. The topological polar surface area (TPSA) is 43.8 Å². The van der Waals surface area contributed by atoms with Crippen molar-refractivity contribution < 1.29 is 0 Å². The van der Waals surface area contributed by atoms with Gasteiger partial charge in [-0.2, -0.15) is 0 Å². The van der Waals surface area contributed by atoms with Gasteiger partial charge in [0.15, 0.2) is 0 Å². The zero-order valence-electron chi connectivity index (χ0n) is 7.07. The fraction of sp³-hybridized carbons (Fsp3) is 0.222. The lowest BCUT2D eigenvalue weighted by Crippen LogP contribution is -2.08. The number of fused-ring (bicyclic) bond motifs is 1. The molecule has 0 bridgehead atoms. The van der Waals surface area contributed by atoms with E-state index in [1.807, 2.05) is 22.9 Å². The molecule has 0 amide bonds. The van der Waals surface area contributed by atoms with Crippen LogP contribution in [0.2, 0.25) is 5.02 Å². The van der Waals surface area contributed by atoms with Gasteiger partial charge in [-0.1, -0.05) is 11.6 Å². The highest BCUT2D eigenvalue weighted by molar-refractivity contribution is 6.35. The maximum atomic E-state index is 6.01. The Bertz CT molecular complexity index is 422. The molecule has 0 saturated carbocycles. The number of nitrogens with zero attached hydrogens (tertiary/aromatic N) is 2. The van der Waals surface area contributed by atoms with Gasteiger partial charge in [-0.3, -0.25) is 0 Å². The average Bonchev–Trinajstić information content (AvgIpc) is 2.46. The summed E-state index contributed by atoms with van der Waals surface area (Å²) < 4.78 is 1.97. The zero-order valence-corrected chi connectivity index (χ0v) is 7.83. The van der Waals surface area contributed by atoms with E-state index in [4.69, 9.17) is 17.3 Å². The van der Waals surface area contributed by atoms with E-state index in [0.29, 0.717) is 6.54 Å². The minimum absolute atomic E-state index is 0.594. The molecule has 0 aliphatic carbocycles. The Kier molecular flexibility index (Phi) is 2.20. The maximum Gasteiger partial charge on any atom is 0.141 e. The molecule has 0 unspecified atom stereocenters. The highest BCUT2D eigenvalue weighted by Crippen LogP contribution is 2.23. The van der Waals surface area contributed by atoms with Gasteiger partial charge in [0.05, 0.1) is 5.02 Å². The molecule has 4 heteroatoms. The van der Waals surface area contributed by atoms with Crippen LogP contribution in [0.5, 0.6) is 0 Å². The molecule has 0 spiro atoms. The number of pyridine rings is 1. The summed E-state index contributed by atoms with van der Waals surface area (Å²) in [6, 6.07) is 3.83. The molecule has 0 atom stereocenters. The van der Waals surface area contributed by atoms with Gasteiger partial charge in [0.25, 0.3) is 0 Å². The lowest BCUT2D eigenvalue weighted by Gasteiger charge is -1.99. The van der Waals surface area contributed by atoms with Crippen molar-refractivity contribution in [3.8, 4) is 0 Å². The van der Waals surface area contributed by atoms with Crippen molar-refractivity contribution in [3.63, 3.8) is 0 Å². The molecule has 0 aliphatic heterocycles. The molecule has 0 fully saturated rings. The quantitative estimate of drug-likeness (QED) is 0.792. The van der Waals surface area contributed by atoms with Crippen LogP contribution in [-0.4, -0.2) is 16.1 Å². The van der Waals surface area contributed by atoms with Crippen LogP contribution in [-0.2, 0) is 6.54 Å². The van der Waals surface area contributed by atoms with Crippen molar-refractivity contribution in [2.24, 2.45) is 5.73 Å². The van der Waals surface area contributed by atoms with Crippen LogP contribution in [0.3, 0.4) is 0 Å². The number of halogens is 1. The second kappa shape index (κ2) is 3.36. The largest absolute Gasteiger partial charge is 0.330 e.